The van der Waals surface area contributed by atoms with Crippen LogP contribution in [0.5, 0.6) is 51.7 Å². The molecule has 3 fully saturated rings. The number of ether oxygens (including phenoxy) is 10. The SMILES string of the molecule is O=C(Cn1ccc2cc(O)ccc21)O[C@@H](Cc1c(Cl)c[nH+]cc1Cl)c1ccc(OC(F)F)c(OCC2CC2)c1.O=C(Cn1ccc2cc(OCc3ccccc3)ccc21)O[C@@H](Cc1c(Cl)c[nH+]cc1Cl)c1ccc(OC(F)F)c(OCC2CC2)c1.O=C(O)Cn1ccc2cc(OCc3ccccc3)ccc21.O[C@@H](Cc1c(Cl)c[nH+]cc1Cl)c1ccc(OC(F)F)c(OCC2CC2)c1.[OH-].[OH-].[OH-]. The standard InChI is InChI=1S/C35H30Cl2F2N2O5.C28H24Cl2F2N2O5.C18H17Cl2F2NO3.C17H15NO3.3H2O/c36-28-17-40-18-29(37)27(28)16-32(25-8-11-31(46-35(38)39)33(15-25)44-21-23-6-7-23)45-34(42)19-41-13-12-24-14-26(9-10-30(24)41)43-20-22-4-2-1-3-5-22;29-21-12-33-13-22(30)20(21)11-25(38-27(36)14-34-8-7-17-9-19(35)4-5-23(17)34)18-3-6-24(39-28(31)32)26(10-18)37-15-16-1-2-16;19-13-7-23-8-14(20)12(13)6-15(24)11-3-4-16(26-18(21)22)17(5-11)25-9-10-1-2-10;19-17(20)11-18-9-8-14-10-15(6-7-16(14)18)21-12-13-4-2-1-3-5-13;;;/h1-5,8-15,17-18,23,32,35H,6-7,16,19-21H2;3-10,12-13,16,25,28,35H,1-2,11,14-15H2;3-5,7-8,10,15,18,24H,1-2,6,9H2;1-10H,11-12H2,(H,19,20);3*1H2/t32-;25-;15-;;;;/m000..../s1. The van der Waals surface area contributed by atoms with Gasteiger partial charge >= 0.3 is 37.7 Å². The zero-order valence-corrected chi connectivity index (χ0v) is 76.2. The van der Waals surface area contributed by atoms with Crippen LogP contribution >= 0.6 is 69.6 Å². The molecule has 0 spiro atoms. The highest BCUT2D eigenvalue weighted by atomic mass is 35.5. The molecular formula is C98H92Cl6F6N6O19. The van der Waals surface area contributed by atoms with Gasteiger partial charge in [-0.2, -0.15) is 26.3 Å². The van der Waals surface area contributed by atoms with E-state index in [0.29, 0.717) is 120 Å². The Labute approximate surface area is 800 Å². The number of aromatic nitrogens is 6. The summed E-state index contributed by atoms with van der Waals surface area (Å²) in [4.78, 5) is 45.9. The van der Waals surface area contributed by atoms with E-state index in [2.05, 4.69) is 24.4 Å². The van der Waals surface area contributed by atoms with Crippen molar-refractivity contribution in [1.82, 2.24) is 13.7 Å². The smallest absolute Gasteiger partial charge is 0.387 e. The Morgan fingerprint density at radius 3 is 1.05 bits per heavy atom. The fourth-order valence-corrected chi connectivity index (χ4v) is 15.8. The minimum Gasteiger partial charge on any atom is -0.870 e. The van der Waals surface area contributed by atoms with Crippen LogP contribution in [0.15, 0.2) is 244 Å². The minimum atomic E-state index is -3.02. The van der Waals surface area contributed by atoms with Crippen molar-refractivity contribution in [2.24, 2.45) is 17.8 Å². The Bertz CT molecular complexity index is 6240. The second-order valence-corrected chi connectivity index (χ2v) is 33.9. The van der Waals surface area contributed by atoms with E-state index in [1.54, 1.807) is 106 Å². The predicted molar refractivity (Wildman–Crippen MR) is 489 cm³/mol. The van der Waals surface area contributed by atoms with Crippen LogP contribution in [0.4, 0.5) is 26.3 Å². The number of hydrogen-bond donors (Lipinski definition) is 3. The van der Waals surface area contributed by atoms with Crippen molar-refractivity contribution in [1.29, 1.82) is 0 Å². The summed E-state index contributed by atoms with van der Waals surface area (Å²) in [6, 6.07) is 55.0. The summed E-state index contributed by atoms with van der Waals surface area (Å²) in [5, 5.41) is 34.0. The molecule has 3 atom stereocenters. The van der Waals surface area contributed by atoms with E-state index in [-0.39, 0.29) is 95.6 Å². The molecule has 3 aliphatic rings. The molecule has 3 aliphatic carbocycles. The van der Waals surface area contributed by atoms with E-state index in [9.17, 15) is 50.9 Å². The number of carboxylic acids is 1. The maximum Gasteiger partial charge on any atom is 0.387 e. The van der Waals surface area contributed by atoms with Gasteiger partial charge < -0.3 is 92.8 Å². The molecule has 0 radical (unpaired) electrons. The van der Waals surface area contributed by atoms with Gasteiger partial charge in [-0.15, -0.1) is 0 Å². The maximum absolute atomic E-state index is 13.4. The lowest BCUT2D eigenvalue weighted by atomic mass is 10.0. The van der Waals surface area contributed by atoms with Crippen LogP contribution in [-0.4, -0.2) is 103 Å². The number of benzene rings is 8. The molecule has 17 rings (SSSR count). The summed E-state index contributed by atoms with van der Waals surface area (Å²) in [7, 11) is 0. The molecule has 135 heavy (non-hydrogen) atoms. The molecule has 0 bridgehead atoms. The van der Waals surface area contributed by atoms with Gasteiger partial charge in [0.15, 0.2) is 71.7 Å². The van der Waals surface area contributed by atoms with E-state index in [1.807, 2.05) is 115 Å². The summed E-state index contributed by atoms with van der Waals surface area (Å²) >= 11 is 37.9. The Morgan fingerprint density at radius 2 is 0.704 bits per heavy atom. The third-order valence-electron chi connectivity index (χ3n) is 21.5. The second kappa shape index (κ2) is 49.2. The molecule has 712 valence electrons. The number of phenols is 1. The number of nitrogens with one attached hydrogen (secondary N) is 3. The third-order valence-corrected chi connectivity index (χ3v) is 23.6. The van der Waals surface area contributed by atoms with E-state index in [1.165, 1.54) is 36.4 Å². The van der Waals surface area contributed by atoms with Crippen LogP contribution in [0.25, 0.3) is 32.7 Å². The van der Waals surface area contributed by atoms with E-state index < -0.39 is 56.1 Å². The normalized spacial score (nSPS) is 13.2. The molecular weight excluding hydrogens is 1890 g/mol. The monoisotopic (exact) mass is 1980 g/mol. The topological polar surface area (TPSA) is 351 Å². The first-order chi connectivity index (χ1) is 63.7. The van der Waals surface area contributed by atoms with Gasteiger partial charge in [-0.25, -0.2) is 15.0 Å². The highest BCUT2D eigenvalue weighted by molar-refractivity contribution is 6.36. The first kappa shape index (κ1) is 103. The number of carboxylic acid groups (broad SMARTS) is 1. The minimum absolute atomic E-state index is 0. The largest absolute Gasteiger partial charge is 0.870 e. The number of H-pyrrole nitrogens is 3. The highest BCUT2D eigenvalue weighted by Gasteiger charge is 2.31. The molecule has 0 unspecified atom stereocenters. The number of carbonyl (C=O) groups is 3. The number of hydrogen-bond acceptors (Lipinski definition) is 18. The van der Waals surface area contributed by atoms with Crippen LogP contribution < -0.4 is 52.8 Å². The average Bonchev–Trinajstić information content (AvgIpc) is 1.80. The molecule has 9 N–H and O–H groups in total. The van der Waals surface area contributed by atoms with Crippen molar-refractivity contribution in [3.05, 3.63) is 318 Å². The summed E-state index contributed by atoms with van der Waals surface area (Å²) in [6.07, 6.45) is 18.7. The molecule has 6 heterocycles. The maximum atomic E-state index is 13.4. The molecule has 0 saturated heterocycles. The fourth-order valence-electron chi connectivity index (χ4n) is 14.2. The fraction of sp³-hybridized carbons (Fsp3) is 0.265. The number of aliphatic hydroxyl groups excluding tert-OH is 1. The Balaban J connectivity index is 0.000000179. The molecule has 3 saturated carbocycles. The number of phenolic OH excluding ortho intramolecular Hbond substituents is 1. The number of rotatable bonds is 38. The number of pyridine rings is 3. The van der Waals surface area contributed by atoms with Crippen molar-refractivity contribution in [2.75, 3.05) is 19.8 Å². The number of esters is 2. The van der Waals surface area contributed by atoms with Gasteiger partial charge in [0.05, 0.1) is 25.9 Å². The Kier molecular flexibility index (Phi) is 37.6. The first-order valence-corrected chi connectivity index (χ1v) is 44.3. The average molecular weight is 1980 g/mol. The number of carbonyl (C=O) groups excluding carboxylic acids is 2. The number of aromatic hydroxyl groups is 1. The summed E-state index contributed by atoms with van der Waals surface area (Å²) in [5.41, 5.74) is 7.84. The number of halogens is 12. The molecule has 25 nitrogen and oxygen atoms in total. The molecule has 8 aromatic carbocycles. The Morgan fingerprint density at radius 1 is 0.378 bits per heavy atom. The Hall–Kier alpha value is -12.4. The predicted octanol–water partition coefficient (Wildman–Crippen LogP) is 21.9. The summed E-state index contributed by atoms with van der Waals surface area (Å²) in [6.45, 7) is -7.08. The molecule has 0 amide bonds. The van der Waals surface area contributed by atoms with E-state index >= 15 is 0 Å². The quantitative estimate of drug-likeness (QED) is 0.0239. The highest BCUT2D eigenvalue weighted by Crippen LogP contribution is 2.43. The van der Waals surface area contributed by atoms with Gasteiger partial charge in [-0.1, -0.05) is 148 Å². The van der Waals surface area contributed by atoms with Gasteiger partial charge in [0, 0.05) is 87.3 Å². The summed E-state index contributed by atoms with van der Waals surface area (Å²) in [5.74, 6) is 1.10. The number of aliphatic hydroxyl groups is 1. The molecule has 0 aliphatic heterocycles. The van der Waals surface area contributed by atoms with Gasteiger partial charge in [0.2, 0.25) is 0 Å². The van der Waals surface area contributed by atoms with E-state index in [4.69, 9.17) is 113 Å². The van der Waals surface area contributed by atoms with Crippen molar-refractivity contribution in [2.45, 2.75) is 129 Å². The lowest BCUT2D eigenvalue weighted by molar-refractivity contribution is -0.378. The van der Waals surface area contributed by atoms with Gasteiger partial charge in [-0.05, 0) is 193 Å². The molecule has 14 aromatic rings. The number of aromatic amines is 3. The zero-order valence-electron chi connectivity index (χ0n) is 71.7. The first-order valence-electron chi connectivity index (χ1n) is 42.0. The van der Waals surface area contributed by atoms with Crippen molar-refractivity contribution in [3.8, 4) is 51.7 Å². The third kappa shape index (κ3) is 30.0. The number of nitrogens with zero attached hydrogens (tertiary/aromatic N) is 3. The van der Waals surface area contributed by atoms with Crippen molar-refractivity contribution < 1.29 is 135 Å². The van der Waals surface area contributed by atoms with Crippen LogP contribution in [0, 0.1) is 17.8 Å². The summed E-state index contributed by atoms with van der Waals surface area (Å²) < 4.78 is 138. The van der Waals surface area contributed by atoms with Crippen molar-refractivity contribution >= 4 is 120 Å². The van der Waals surface area contributed by atoms with Crippen LogP contribution in [0.1, 0.15) is 101 Å². The van der Waals surface area contributed by atoms with Gasteiger partial charge in [0.1, 0.15) is 92.4 Å². The lowest BCUT2D eigenvalue weighted by Crippen LogP contribution is -2.19. The molecule has 6 aromatic heterocycles. The lowest BCUT2D eigenvalue weighted by Gasteiger charge is -2.21. The van der Waals surface area contributed by atoms with Crippen LogP contribution in [0.2, 0.25) is 30.1 Å². The number of alkyl halides is 6. The number of aliphatic carboxylic acids is 1. The van der Waals surface area contributed by atoms with Gasteiger partial charge in [0.25, 0.3) is 0 Å². The van der Waals surface area contributed by atoms with Gasteiger partial charge in [-0.3, -0.25) is 14.4 Å². The zero-order chi connectivity index (χ0) is 92.9. The van der Waals surface area contributed by atoms with Crippen LogP contribution in [0.3, 0.4) is 0 Å². The van der Waals surface area contributed by atoms with Crippen molar-refractivity contribution in [3.63, 3.8) is 0 Å². The van der Waals surface area contributed by atoms with Crippen LogP contribution in [-0.2, 0) is 76.0 Å². The van der Waals surface area contributed by atoms with E-state index in [0.717, 1.165) is 88.1 Å². The molecule has 37 heteroatoms. The second-order valence-electron chi connectivity index (χ2n) is 31.4. The number of fused-ring (bicyclic) bond motifs is 3.